The van der Waals surface area contributed by atoms with Crippen LogP contribution in [0, 0.1) is 0 Å². The van der Waals surface area contributed by atoms with Crippen molar-refractivity contribution in [1.29, 1.82) is 0 Å². The molecule has 1 aliphatic rings. The van der Waals surface area contributed by atoms with Crippen LogP contribution >= 0.6 is 0 Å². The molecule has 1 aromatic rings. The van der Waals surface area contributed by atoms with Gasteiger partial charge in [-0.1, -0.05) is 12.1 Å². The highest BCUT2D eigenvalue weighted by molar-refractivity contribution is 5.91. The van der Waals surface area contributed by atoms with Crippen LogP contribution in [0.3, 0.4) is 0 Å². The summed E-state index contributed by atoms with van der Waals surface area (Å²) in [5.41, 5.74) is -0.0774. The zero-order valence-electron chi connectivity index (χ0n) is 14.2. The molecule has 7 nitrogen and oxygen atoms in total. The molecule has 1 fully saturated rings. The molecule has 1 N–H and O–H groups in total. The molecule has 0 spiro atoms. The molecule has 0 radical (unpaired) electrons. The Morgan fingerprint density at radius 3 is 2.46 bits per heavy atom. The molecule has 144 valence electrons. The van der Waals surface area contributed by atoms with Crippen LogP contribution in [0.5, 0.6) is 5.75 Å². The summed E-state index contributed by atoms with van der Waals surface area (Å²) in [6, 6.07) is 4.76. The van der Waals surface area contributed by atoms with E-state index in [1.54, 1.807) is 4.90 Å². The molecule has 1 aliphatic heterocycles. The van der Waals surface area contributed by atoms with Gasteiger partial charge in [0.25, 0.3) is 0 Å². The number of nitrogens with zero attached hydrogens (tertiary/aromatic N) is 2. The zero-order valence-corrected chi connectivity index (χ0v) is 14.2. The van der Waals surface area contributed by atoms with Crippen LogP contribution in [0.2, 0.25) is 0 Å². The first-order chi connectivity index (χ1) is 12.3. The number of rotatable bonds is 4. The maximum atomic E-state index is 12.5. The molecule has 2 rings (SSSR count). The Hall–Kier alpha value is -2.49. The second-order valence-electron chi connectivity index (χ2n) is 5.63. The highest BCUT2D eigenvalue weighted by Crippen LogP contribution is 2.30. The van der Waals surface area contributed by atoms with Gasteiger partial charge in [-0.3, -0.25) is 4.79 Å². The molecule has 0 unspecified atom stereocenters. The van der Waals surface area contributed by atoms with Crippen molar-refractivity contribution in [2.75, 3.05) is 45.2 Å². The van der Waals surface area contributed by atoms with Gasteiger partial charge >= 0.3 is 12.4 Å². The lowest BCUT2D eigenvalue weighted by Gasteiger charge is -2.23. The van der Waals surface area contributed by atoms with Gasteiger partial charge in [0.1, 0.15) is 6.61 Å². The standard InChI is InChI=1S/C16H20F3N3O4/c1-25-11-14(23)21-7-4-8-22(10-9-21)15(24)20-12-5-2-3-6-13(12)26-16(17,18)19/h2-3,5-6H,4,7-11H2,1H3,(H,20,24). The number of halogens is 3. The first kappa shape index (κ1) is 19.8. The van der Waals surface area contributed by atoms with E-state index in [1.807, 2.05) is 0 Å². The molecular weight excluding hydrogens is 355 g/mol. The second-order valence-corrected chi connectivity index (χ2v) is 5.63. The van der Waals surface area contributed by atoms with Crippen molar-refractivity contribution in [3.8, 4) is 5.75 Å². The van der Waals surface area contributed by atoms with Gasteiger partial charge in [-0.15, -0.1) is 13.2 Å². The van der Waals surface area contributed by atoms with Gasteiger partial charge in [-0.2, -0.15) is 0 Å². The number of nitrogens with one attached hydrogen (secondary N) is 1. The fourth-order valence-corrected chi connectivity index (χ4v) is 2.56. The van der Waals surface area contributed by atoms with Crippen LogP contribution in [-0.2, 0) is 9.53 Å². The highest BCUT2D eigenvalue weighted by Gasteiger charge is 2.32. The normalized spacial score (nSPS) is 15.4. The van der Waals surface area contributed by atoms with Crippen LogP contribution < -0.4 is 10.1 Å². The summed E-state index contributed by atoms with van der Waals surface area (Å²) in [4.78, 5) is 27.3. The van der Waals surface area contributed by atoms with E-state index in [2.05, 4.69) is 10.1 Å². The van der Waals surface area contributed by atoms with Gasteiger partial charge in [0.15, 0.2) is 5.75 Å². The van der Waals surface area contributed by atoms with Crippen LogP contribution in [0.4, 0.5) is 23.7 Å². The summed E-state index contributed by atoms with van der Waals surface area (Å²) in [6.07, 6.45) is -4.30. The van der Waals surface area contributed by atoms with E-state index < -0.39 is 18.1 Å². The maximum absolute atomic E-state index is 12.5. The third-order valence-corrected chi connectivity index (χ3v) is 3.76. The number of ether oxygens (including phenoxy) is 2. The van der Waals surface area contributed by atoms with Crippen LogP contribution in [0.1, 0.15) is 6.42 Å². The molecule has 1 heterocycles. The predicted molar refractivity (Wildman–Crippen MR) is 86.8 cm³/mol. The van der Waals surface area contributed by atoms with E-state index in [9.17, 15) is 22.8 Å². The number of methoxy groups -OCH3 is 1. The summed E-state index contributed by atoms with van der Waals surface area (Å²) < 4.78 is 46.1. The molecule has 10 heteroatoms. The summed E-state index contributed by atoms with van der Waals surface area (Å²) in [7, 11) is 1.43. The third-order valence-electron chi connectivity index (χ3n) is 3.76. The number of anilines is 1. The largest absolute Gasteiger partial charge is 0.573 e. The van der Waals surface area contributed by atoms with E-state index in [-0.39, 0.29) is 24.7 Å². The topological polar surface area (TPSA) is 71.1 Å². The maximum Gasteiger partial charge on any atom is 0.573 e. The second kappa shape index (κ2) is 8.75. The molecule has 3 amide bonds. The fraction of sp³-hybridized carbons (Fsp3) is 0.500. The molecule has 0 saturated carbocycles. The average molecular weight is 375 g/mol. The lowest BCUT2D eigenvalue weighted by atomic mass is 10.3. The van der Waals surface area contributed by atoms with Gasteiger partial charge in [-0.05, 0) is 18.6 Å². The van der Waals surface area contributed by atoms with Crippen molar-refractivity contribution in [3.63, 3.8) is 0 Å². The van der Waals surface area contributed by atoms with Crippen molar-refractivity contribution in [2.45, 2.75) is 12.8 Å². The minimum Gasteiger partial charge on any atom is -0.404 e. The first-order valence-electron chi connectivity index (χ1n) is 7.97. The quantitative estimate of drug-likeness (QED) is 0.877. The predicted octanol–water partition coefficient (Wildman–Crippen LogP) is 2.30. The number of urea groups is 1. The van der Waals surface area contributed by atoms with Gasteiger partial charge in [0.05, 0.1) is 5.69 Å². The molecule has 0 aliphatic carbocycles. The van der Waals surface area contributed by atoms with E-state index in [0.717, 1.165) is 6.07 Å². The SMILES string of the molecule is COCC(=O)N1CCCN(C(=O)Nc2ccccc2OC(F)(F)F)CC1. The average Bonchev–Trinajstić information content (AvgIpc) is 2.82. The number of amides is 3. The zero-order chi connectivity index (χ0) is 19.2. The van der Waals surface area contributed by atoms with Gasteiger partial charge in [0.2, 0.25) is 5.91 Å². The lowest BCUT2D eigenvalue weighted by Crippen LogP contribution is -2.40. The Labute approximate surface area is 148 Å². The Morgan fingerprint density at radius 1 is 1.12 bits per heavy atom. The Bertz CT molecular complexity index is 639. The number of carbonyl (C=O) groups excluding carboxylic acids is 2. The number of hydrogen-bond donors (Lipinski definition) is 1. The number of benzene rings is 1. The Balaban J connectivity index is 1.99. The molecule has 26 heavy (non-hydrogen) atoms. The molecular formula is C16H20F3N3O4. The number of hydrogen-bond acceptors (Lipinski definition) is 4. The summed E-state index contributed by atoms with van der Waals surface area (Å²) in [6.45, 7) is 1.43. The summed E-state index contributed by atoms with van der Waals surface area (Å²) >= 11 is 0. The van der Waals surface area contributed by atoms with Crippen molar-refractivity contribution in [3.05, 3.63) is 24.3 Å². The monoisotopic (exact) mass is 375 g/mol. The number of alkyl halides is 3. The number of carbonyl (C=O) groups is 2. The van der Waals surface area contributed by atoms with Crippen molar-refractivity contribution in [1.82, 2.24) is 9.80 Å². The molecule has 0 bridgehead atoms. The Morgan fingerprint density at radius 2 is 1.77 bits per heavy atom. The minimum atomic E-state index is -4.86. The molecule has 0 aromatic heterocycles. The van der Waals surface area contributed by atoms with Gasteiger partial charge in [-0.25, -0.2) is 4.79 Å². The van der Waals surface area contributed by atoms with Crippen molar-refractivity contribution >= 4 is 17.6 Å². The van der Waals surface area contributed by atoms with E-state index in [1.165, 1.54) is 30.2 Å². The Kier molecular flexibility index (Phi) is 6.67. The van der Waals surface area contributed by atoms with E-state index in [0.29, 0.717) is 26.1 Å². The van der Waals surface area contributed by atoms with Gasteiger partial charge < -0.3 is 24.6 Å². The smallest absolute Gasteiger partial charge is 0.404 e. The lowest BCUT2D eigenvalue weighted by molar-refractivity contribution is -0.274. The van der Waals surface area contributed by atoms with Gasteiger partial charge in [0, 0.05) is 33.3 Å². The minimum absolute atomic E-state index is 0.0334. The summed E-state index contributed by atoms with van der Waals surface area (Å²) in [5.74, 6) is -0.654. The molecule has 1 aromatic carbocycles. The van der Waals surface area contributed by atoms with Crippen LogP contribution in [-0.4, -0.2) is 68.0 Å². The van der Waals surface area contributed by atoms with Crippen molar-refractivity contribution in [2.24, 2.45) is 0 Å². The van der Waals surface area contributed by atoms with Crippen molar-refractivity contribution < 1.29 is 32.2 Å². The van der Waals surface area contributed by atoms with Crippen LogP contribution in [0.15, 0.2) is 24.3 Å². The summed E-state index contributed by atoms with van der Waals surface area (Å²) in [5, 5.41) is 2.43. The molecule has 0 atom stereocenters. The fourth-order valence-electron chi connectivity index (χ4n) is 2.56. The highest BCUT2D eigenvalue weighted by atomic mass is 19.4. The number of para-hydroxylation sites is 2. The van der Waals surface area contributed by atoms with Crippen LogP contribution in [0.25, 0.3) is 0 Å². The molecule has 1 saturated heterocycles. The third kappa shape index (κ3) is 5.80. The first-order valence-corrected chi connectivity index (χ1v) is 7.97. The van der Waals surface area contributed by atoms with E-state index >= 15 is 0 Å². The van der Waals surface area contributed by atoms with E-state index in [4.69, 9.17) is 4.74 Å².